The molecule has 150 valence electrons. The van der Waals surface area contributed by atoms with Gasteiger partial charge in [-0.1, -0.05) is 20.8 Å². The average Bonchev–Trinajstić information content (AvgIpc) is 2.47. The maximum Gasteiger partial charge on any atom is 0.373 e. The second kappa shape index (κ2) is 11.3. The van der Waals surface area contributed by atoms with E-state index >= 15 is 0 Å². The Morgan fingerprint density at radius 1 is 0.885 bits per heavy atom. The van der Waals surface area contributed by atoms with Crippen molar-refractivity contribution in [2.75, 3.05) is 26.2 Å². The minimum Gasteiger partial charge on any atom is -0.459 e. The molecular formula is C16H30N4O6. The Hall–Kier alpha value is -2.29. The lowest BCUT2D eigenvalue weighted by Crippen LogP contribution is -2.57. The van der Waals surface area contributed by atoms with Crippen LogP contribution in [0.5, 0.6) is 0 Å². The molecule has 4 N–H and O–H groups in total. The lowest BCUT2D eigenvalue weighted by molar-refractivity contribution is -0.191. The molecular weight excluding hydrogens is 344 g/mol. The summed E-state index contributed by atoms with van der Waals surface area (Å²) in [4.78, 5) is 52.5. The Bertz CT molecular complexity index is 516. The molecule has 0 saturated heterocycles. The molecule has 0 spiro atoms. The van der Waals surface area contributed by atoms with E-state index in [0.717, 1.165) is 5.01 Å². The quantitative estimate of drug-likeness (QED) is 0.472. The van der Waals surface area contributed by atoms with Crippen molar-refractivity contribution < 1.29 is 28.7 Å². The molecule has 2 amide bonds. The van der Waals surface area contributed by atoms with Gasteiger partial charge >= 0.3 is 12.1 Å². The summed E-state index contributed by atoms with van der Waals surface area (Å²) in [6, 6.07) is 0. The maximum atomic E-state index is 12.1. The van der Waals surface area contributed by atoms with E-state index in [1.165, 1.54) is 5.01 Å². The summed E-state index contributed by atoms with van der Waals surface area (Å²) in [5, 5.41) is 2.20. The highest BCUT2D eigenvalue weighted by Gasteiger charge is 2.31. The van der Waals surface area contributed by atoms with Crippen LogP contribution in [-0.4, -0.2) is 65.7 Å². The van der Waals surface area contributed by atoms with E-state index in [2.05, 4.69) is 0 Å². The number of ether oxygens (including phenoxy) is 1. The third-order valence-electron chi connectivity index (χ3n) is 2.54. The summed E-state index contributed by atoms with van der Waals surface area (Å²) in [7, 11) is 0. The van der Waals surface area contributed by atoms with E-state index in [0.29, 0.717) is 0 Å². The standard InChI is InChI=1S/C15H30N4O4.CO2/c1-14(2,3)10-19(12(21)8-17)18(11(20)7-16)9-13(22)23-15(4,5)6;2-1-3/h7-10,16-17H2,1-6H3;. The summed E-state index contributed by atoms with van der Waals surface area (Å²) in [5.41, 5.74) is 9.84. The first-order valence-electron chi connectivity index (χ1n) is 7.94. The first-order valence-corrected chi connectivity index (χ1v) is 7.94. The molecule has 26 heavy (non-hydrogen) atoms. The molecule has 0 fully saturated rings. The van der Waals surface area contributed by atoms with Gasteiger partial charge in [-0.25, -0.2) is 10.0 Å². The number of hydrogen-bond donors (Lipinski definition) is 2. The zero-order chi connectivity index (χ0) is 21.1. The lowest BCUT2D eigenvalue weighted by atomic mass is 9.96. The van der Waals surface area contributed by atoms with Crippen LogP contribution in [0.25, 0.3) is 0 Å². The zero-order valence-corrected chi connectivity index (χ0v) is 16.3. The third-order valence-corrected chi connectivity index (χ3v) is 2.54. The highest BCUT2D eigenvalue weighted by atomic mass is 16.6. The summed E-state index contributed by atoms with van der Waals surface area (Å²) in [6.07, 6.45) is 0.250. The van der Waals surface area contributed by atoms with Crippen molar-refractivity contribution >= 4 is 23.9 Å². The predicted molar refractivity (Wildman–Crippen MR) is 91.8 cm³/mol. The van der Waals surface area contributed by atoms with Crippen LogP contribution in [0, 0.1) is 5.41 Å². The van der Waals surface area contributed by atoms with Crippen LogP contribution in [0.15, 0.2) is 0 Å². The first kappa shape index (κ1) is 25.9. The summed E-state index contributed by atoms with van der Waals surface area (Å²) in [6.45, 7) is 10.1. The van der Waals surface area contributed by atoms with E-state index in [-0.39, 0.29) is 31.2 Å². The lowest BCUT2D eigenvalue weighted by Gasteiger charge is -2.38. The van der Waals surface area contributed by atoms with E-state index in [1.807, 2.05) is 20.8 Å². The van der Waals surface area contributed by atoms with Crippen LogP contribution >= 0.6 is 0 Å². The van der Waals surface area contributed by atoms with Crippen molar-refractivity contribution in [3.63, 3.8) is 0 Å². The minimum absolute atomic E-state index is 0.220. The molecule has 0 aromatic carbocycles. The summed E-state index contributed by atoms with van der Waals surface area (Å²) < 4.78 is 5.21. The first-order chi connectivity index (χ1) is 11.7. The number of carbonyl (C=O) groups is 3. The normalized spacial score (nSPS) is 10.8. The van der Waals surface area contributed by atoms with Crippen LogP contribution in [-0.2, 0) is 28.7 Å². The Kier molecular flexibility index (Phi) is 11.3. The number of nitrogens with zero attached hydrogens (tertiary/aromatic N) is 2. The van der Waals surface area contributed by atoms with Crippen LogP contribution in [0.3, 0.4) is 0 Å². The van der Waals surface area contributed by atoms with E-state index in [9.17, 15) is 14.4 Å². The Morgan fingerprint density at radius 3 is 1.58 bits per heavy atom. The number of esters is 1. The number of hydrazine groups is 1. The molecule has 0 aliphatic carbocycles. The molecule has 0 bridgehead atoms. The molecule has 0 rings (SSSR count). The molecule has 0 aliphatic heterocycles. The number of hydrogen-bond acceptors (Lipinski definition) is 8. The zero-order valence-electron chi connectivity index (χ0n) is 16.3. The van der Waals surface area contributed by atoms with Gasteiger partial charge in [-0.3, -0.25) is 14.4 Å². The second-order valence-electron chi connectivity index (χ2n) is 7.54. The molecule has 0 atom stereocenters. The van der Waals surface area contributed by atoms with Crippen molar-refractivity contribution in [3.05, 3.63) is 0 Å². The molecule has 0 radical (unpaired) electrons. The average molecular weight is 374 g/mol. The van der Waals surface area contributed by atoms with Gasteiger partial charge in [0.1, 0.15) is 12.1 Å². The minimum atomic E-state index is -0.693. The number of rotatable bonds is 5. The predicted octanol–water partition coefficient (Wildman–Crippen LogP) is -0.720. The SMILES string of the molecule is CC(C)(C)CN(C(=O)CN)N(CC(=O)OC(C)(C)C)C(=O)CN.O=C=O. The molecule has 0 heterocycles. The van der Waals surface area contributed by atoms with Crippen LogP contribution in [0.4, 0.5) is 0 Å². The molecule has 0 aromatic heterocycles. The van der Waals surface area contributed by atoms with Crippen molar-refractivity contribution in [2.45, 2.75) is 47.1 Å². The van der Waals surface area contributed by atoms with Gasteiger partial charge in [-0.15, -0.1) is 0 Å². The van der Waals surface area contributed by atoms with E-state index in [1.54, 1.807) is 20.8 Å². The van der Waals surface area contributed by atoms with Gasteiger partial charge in [0.05, 0.1) is 13.1 Å². The number of amides is 2. The van der Waals surface area contributed by atoms with Gasteiger partial charge in [0.15, 0.2) is 0 Å². The number of carbonyl (C=O) groups excluding carboxylic acids is 5. The van der Waals surface area contributed by atoms with E-state index in [4.69, 9.17) is 25.8 Å². The molecule has 0 aliphatic rings. The van der Waals surface area contributed by atoms with Crippen molar-refractivity contribution in [1.82, 2.24) is 10.0 Å². The van der Waals surface area contributed by atoms with Gasteiger partial charge in [0, 0.05) is 6.54 Å². The van der Waals surface area contributed by atoms with Crippen molar-refractivity contribution in [2.24, 2.45) is 16.9 Å². The monoisotopic (exact) mass is 374 g/mol. The Balaban J connectivity index is 0. The van der Waals surface area contributed by atoms with Crippen molar-refractivity contribution in [1.29, 1.82) is 0 Å². The topological polar surface area (TPSA) is 153 Å². The maximum absolute atomic E-state index is 12.1. The largest absolute Gasteiger partial charge is 0.459 e. The molecule has 10 nitrogen and oxygen atoms in total. The third kappa shape index (κ3) is 12.1. The van der Waals surface area contributed by atoms with Gasteiger partial charge in [-0.2, -0.15) is 9.59 Å². The second-order valence-corrected chi connectivity index (χ2v) is 7.54. The molecule has 10 heteroatoms. The summed E-state index contributed by atoms with van der Waals surface area (Å²) in [5.74, 6) is -1.64. The fourth-order valence-corrected chi connectivity index (χ4v) is 1.77. The van der Waals surface area contributed by atoms with Gasteiger partial charge < -0.3 is 16.2 Å². The van der Waals surface area contributed by atoms with E-state index < -0.39 is 29.9 Å². The van der Waals surface area contributed by atoms with Gasteiger partial charge in [0.2, 0.25) is 0 Å². The molecule has 0 saturated carbocycles. The summed E-state index contributed by atoms with van der Waals surface area (Å²) >= 11 is 0. The smallest absolute Gasteiger partial charge is 0.373 e. The van der Waals surface area contributed by atoms with Crippen LogP contribution in [0.2, 0.25) is 0 Å². The van der Waals surface area contributed by atoms with Gasteiger partial charge in [0.25, 0.3) is 11.8 Å². The fourth-order valence-electron chi connectivity index (χ4n) is 1.77. The Morgan fingerprint density at radius 2 is 1.27 bits per heavy atom. The van der Waals surface area contributed by atoms with Gasteiger partial charge in [-0.05, 0) is 26.2 Å². The van der Waals surface area contributed by atoms with Crippen molar-refractivity contribution in [3.8, 4) is 0 Å². The fraction of sp³-hybridized carbons (Fsp3) is 0.750. The Labute approximate surface area is 153 Å². The number of nitrogens with two attached hydrogens (primary N) is 2. The molecule has 0 aromatic rings. The molecule has 0 unspecified atom stereocenters. The highest BCUT2D eigenvalue weighted by Crippen LogP contribution is 2.17. The van der Waals surface area contributed by atoms with Crippen LogP contribution < -0.4 is 11.5 Å². The van der Waals surface area contributed by atoms with Crippen LogP contribution in [0.1, 0.15) is 41.5 Å². The highest BCUT2D eigenvalue weighted by molar-refractivity contribution is 5.87.